The third-order valence-corrected chi connectivity index (χ3v) is 4.15. The lowest BCUT2D eigenvalue weighted by Crippen LogP contribution is -2.31. The summed E-state index contributed by atoms with van der Waals surface area (Å²) in [5, 5.41) is -0.483. The Kier molecular flexibility index (Phi) is 3.73. The molecule has 0 atom stereocenters. The average molecular weight is 433 g/mol. The standard InChI is InChI=1S/C13H7ClFIN4O2/c1-5-2-3-17-10(16)8(5)20-11-6(12(21)19-13(20)22)4-7(15)9(14)18-11/h2-4H,1H3,(H,19,21,22). The fourth-order valence-electron chi connectivity index (χ4n) is 2.10. The summed E-state index contributed by atoms with van der Waals surface area (Å²) in [6, 6.07) is 2.67. The summed E-state index contributed by atoms with van der Waals surface area (Å²) in [4.78, 5) is 34.3. The normalized spacial score (nSPS) is 11.1. The van der Waals surface area contributed by atoms with Crippen molar-refractivity contribution in [2.75, 3.05) is 0 Å². The number of hydrogen-bond donors (Lipinski definition) is 1. The fourth-order valence-corrected chi connectivity index (χ4v) is 3.07. The van der Waals surface area contributed by atoms with Gasteiger partial charge in [-0.1, -0.05) is 11.6 Å². The second-order valence-corrected chi connectivity index (χ2v) is 5.87. The van der Waals surface area contributed by atoms with Crippen LogP contribution in [0.1, 0.15) is 5.56 Å². The van der Waals surface area contributed by atoms with Gasteiger partial charge in [-0.25, -0.2) is 23.7 Å². The van der Waals surface area contributed by atoms with Crippen LogP contribution in [0.2, 0.25) is 5.15 Å². The Balaban J connectivity index is 2.58. The van der Waals surface area contributed by atoms with Crippen molar-refractivity contribution in [3.8, 4) is 5.69 Å². The van der Waals surface area contributed by atoms with E-state index in [1.807, 2.05) is 22.6 Å². The monoisotopic (exact) mass is 432 g/mol. The first-order valence-corrected chi connectivity index (χ1v) is 7.48. The second kappa shape index (κ2) is 5.43. The molecule has 3 rings (SSSR count). The van der Waals surface area contributed by atoms with Crippen LogP contribution in [0.25, 0.3) is 16.7 Å². The number of nitrogens with one attached hydrogen (secondary N) is 1. The molecular formula is C13H7ClFIN4O2. The molecule has 6 nitrogen and oxygen atoms in total. The largest absolute Gasteiger partial charge is 0.334 e. The molecule has 0 saturated carbocycles. The smallest absolute Gasteiger partial charge is 0.273 e. The summed E-state index contributed by atoms with van der Waals surface area (Å²) >= 11 is 7.67. The Bertz CT molecular complexity index is 1010. The van der Waals surface area contributed by atoms with Gasteiger partial charge in [-0.15, -0.1) is 0 Å². The molecule has 0 aliphatic heterocycles. The Hall–Kier alpha value is -1.81. The summed E-state index contributed by atoms with van der Waals surface area (Å²) in [6.45, 7) is 1.79. The molecule has 0 fully saturated rings. The number of fused-ring (bicyclic) bond motifs is 1. The summed E-state index contributed by atoms with van der Waals surface area (Å²) < 4.78 is 15.3. The number of aromatic amines is 1. The van der Waals surface area contributed by atoms with Crippen molar-refractivity contribution in [3.05, 3.63) is 59.4 Å². The molecule has 0 unspecified atom stereocenters. The van der Waals surface area contributed by atoms with Crippen molar-refractivity contribution in [3.63, 3.8) is 0 Å². The molecule has 0 spiro atoms. The van der Waals surface area contributed by atoms with E-state index in [0.717, 1.165) is 11.6 Å². The van der Waals surface area contributed by atoms with Crippen molar-refractivity contribution in [1.82, 2.24) is 19.5 Å². The van der Waals surface area contributed by atoms with Crippen molar-refractivity contribution in [2.24, 2.45) is 0 Å². The van der Waals surface area contributed by atoms with E-state index in [9.17, 15) is 14.0 Å². The van der Waals surface area contributed by atoms with Crippen LogP contribution in [-0.2, 0) is 0 Å². The van der Waals surface area contributed by atoms with Crippen LogP contribution >= 0.6 is 34.2 Å². The molecule has 0 aromatic carbocycles. The molecule has 0 aliphatic rings. The van der Waals surface area contributed by atoms with E-state index >= 15 is 0 Å². The maximum Gasteiger partial charge on any atom is 0.334 e. The third kappa shape index (κ3) is 2.31. The molecule has 3 aromatic heterocycles. The van der Waals surface area contributed by atoms with Gasteiger partial charge in [0.05, 0.1) is 11.1 Å². The SMILES string of the molecule is Cc1ccnc(I)c1-n1c(=O)[nH]c(=O)c2cc(F)c(Cl)nc21. The first kappa shape index (κ1) is 15.1. The quantitative estimate of drug-likeness (QED) is 0.472. The number of pyridine rings is 2. The van der Waals surface area contributed by atoms with E-state index < -0.39 is 22.2 Å². The van der Waals surface area contributed by atoms with E-state index in [2.05, 4.69) is 15.0 Å². The van der Waals surface area contributed by atoms with E-state index in [-0.39, 0.29) is 11.0 Å². The number of aromatic nitrogens is 4. The maximum atomic E-state index is 13.6. The zero-order valence-electron chi connectivity index (χ0n) is 11.0. The maximum absolute atomic E-state index is 13.6. The van der Waals surface area contributed by atoms with Gasteiger partial charge in [0.1, 0.15) is 3.70 Å². The lowest BCUT2D eigenvalue weighted by atomic mass is 10.2. The van der Waals surface area contributed by atoms with Crippen LogP contribution in [-0.4, -0.2) is 19.5 Å². The predicted molar refractivity (Wildman–Crippen MR) is 88.2 cm³/mol. The lowest BCUT2D eigenvalue weighted by Gasteiger charge is -2.12. The zero-order chi connectivity index (χ0) is 16.0. The molecule has 22 heavy (non-hydrogen) atoms. The summed E-state index contributed by atoms with van der Waals surface area (Å²) in [5.41, 5.74) is -0.228. The van der Waals surface area contributed by atoms with Crippen LogP contribution in [0.4, 0.5) is 4.39 Å². The summed E-state index contributed by atoms with van der Waals surface area (Å²) in [7, 11) is 0. The molecule has 112 valence electrons. The van der Waals surface area contributed by atoms with Crippen LogP contribution in [0.15, 0.2) is 27.9 Å². The molecule has 0 amide bonds. The summed E-state index contributed by atoms with van der Waals surface area (Å²) in [5.74, 6) is -0.831. The first-order chi connectivity index (χ1) is 10.4. The van der Waals surface area contributed by atoms with Gasteiger partial charge in [-0.2, -0.15) is 0 Å². The van der Waals surface area contributed by atoms with Crippen molar-refractivity contribution >= 4 is 45.2 Å². The molecule has 0 saturated heterocycles. The molecule has 3 heterocycles. The fraction of sp³-hybridized carbons (Fsp3) is 0.0769. The molecular weight excluding hydrogens is 426 g/mol. The minimum Gasteiger partial charge on any atom is -0.273 e. The van der Waals surface area contributed by atoms with Gasteiger partial charge in [0.15, 0.2) is 16.6 Å². The minimum atomic E-state index is -0.831. The van der Waals surface area contributed by atoms with Gasteiger partial charge in [-0.3, -0.25) is 9.78 Å². The van der Waals surface area contributed by atoms with E-state index in [1.54, 1.807) is 19.2 Å². The third-order valence-electron chi connectivity index (χ3n) is 3.10. The number of hydrogen-bond acceptors (Lipinski definition) is 4. The average Bonchev–Trinajstić information content (AvgIpc) is 2.44. The number of H-pyrrole nitrogens is 1. The highest BCUT2D eigenvalue weighted by Gasteiger charge is 2.17. The van der Waals surface area contributed by atoms with Crippen molar-refractivity contribution in [1.29, 1.82) is 0 Å². The number of halogens is 3. The lowest BCUT2D eigenvalue weighted by molar-refractivity contribution is 0.623. The van der Waals surface area contributed by atoms with Gasteiger partial charge >= 0.3 is 5.69 Å². The molecule has 0 radical (unpaired) electrons. The molecule has 1 N–H and O–H groups in total. The first-order valence-electron chi connectivity index (χ1n) is 6.02. The summed E-state index contributed by atoms with van der Waals surface area (Å²) in [6.07, 6.45) is 1.60. The number of nitrogens with zero attached hydrogens (tertiary/aromatic N) is 3. The number of rotatable bonds is 1. The number of aryl methyl sites for hydroxylation is 1. The van der Waals surface area contributed by atoms with Crippen molar-refractivity contribution < 1.29 is 4.39 Å². The Morgan fingerprint density at radius 2 is 2.14 bits per heavy atom. The van der Waals surface area contributed by atoms with Gasteiger partial charge < -0.3 is 0 Å². The highest BCUT2D eigenvalue weighted by molar-refractivity contribution is 14.1. The van der Waals surface area contributed by atoms with Gasteiger partial charge in [-0.05, 0) is 47.2 Å². The Morgan fingerprint density at radius 3 is 2.82 bits per heavy atom. The van der Waals surface area contributed by atoms with Crippen LogP contribution in [0.5, 0.6) is 0 Å². The van der Waals surface area contributed by atoms with Gasteiger partial charge in [0.25, 0.3) is 5.56 Å². The van der Waals surface area contributed by atoms with E-state index in [1.165, 1.54) is 4.57 Å². The highest BCUT2D eigenvalue weighted by Crippen LogP contribution is 2.22. The minimum absolute atomic E-state index is 0.0193. The van der Waals surface area contributed by atoms with Crippen molar-refractivity contribution in [2.45, 2.75) is 6.92 Å². The van der Waals surface area contributed by atoms with Crippen LogP contribution in [0, 0.1) is 16.4 Å². The van der Waals surface area contributed by atoms with E-state index in [0.29, 0.717) is 9.39 Å². The molecule has 9 heteroatoms. The zero-order valence-corrected chi connectivity index (χ0v) is 13.9. The van der Waals surface area contributed by atoms with Gasteiger partial charge in [0.2, 0.25) is 0 Å². The van der Waals surface area contributed by atoms with Gasteiger partial charge in [0, 0.05) is 6.20 Å². The van der Waals surface area contributed by atoms with E-state index in [4.69, 9.17) is 11.6 Å². The molecule has 0 bridgehead atoms. The molecule has 0 aliphatic carbocycles. The molecule has 3 aromatic rings. The van der Waals surface area contributed by atoms with Crippen LogP contribution in [0.3, 0.4) is 0 Å². The second-order valence-electron chi connectivity index (χ2n) is 4.49. The predicted octanol–water partition coefficient (Wildman–Crippen LogP) is 2.17. The van der Waals surface area contributed by atoms with Crippen LogP contribution < -0.4 is 11.2 Å². The highest BCUT2D eigenvalue weighted by atomic mass is 127. The Morgan fingerprint density at radius 1 is 1.41 bits per heavy atom. The topological polar surface area (TPSA) is 80.6 Å². The Labute approximate surface area is 141 Å².